The van der Waals surface area contributed by atoms with Crippen molar-refractivity contribution in [3.63, 3.8) is 0 Å². The SMILES string of the molecule is C[C@@H](C(=O)NC(C)(C)C)N(Cc1ccc(Br)cc1)C(=O)CCN1C(=O)[C@H]2CC=CC[C@H]2C1=O. The molecule has 0 unspecified atom stereocenters. The summed E-state index contributed by atoms with van der Waals surface area (Å²) in [4.78, 5) is 54.3. The van der Waals surface area contributed by atoms with Gasteiger partial charge in [-0.2, -0.15) is 0 Å². The number of nitrogens with zero attached hydrogens (tertiary/aromatic N) is 2. The number of imide groups is 1. The first-order valence-corrected chi connectivity index (χ1v) is 12.1. The molecule has 3 rings (SSSR count). The first kappa shape index (κ1) is 25.1. The van der Waals surface area contributed by atoms with Crippen LogP contribution >= 0.6 is 15.9 Å². The lowest BCUT2D eigenvalue weighted by molar-refractivity contribution is -0.144. The van der Waals surface area contributed by atoms with Crippen LogP contribution in [0.3, 0.4) is 0 Å². The van der Waals surface area contributed by atoms with Gasteiger partial charge in [0.15, 0.2) is 0 Å². The number of fused-ring (bicyclic) bond motifs is 1. The van der Waals surface area contributed by atoms with E-state index < -0.39 is 11.6 Å². The van der Waals surface area contributed by atoms with Crippen LogP contribution in [0.1, 0.15) is 52.5 Å². The molecule has 3 atom stereocenters. The number of amides is 4. The van der Waals surface area contributed by atoms with E-state index >= 15 is 0 Å². The van der Waals surface area contributed by atoms with Crippen LogP contribution in [0.5, 0.6) is 0 Å². The van der Waals surface area contributed by atoms with Crippen molar-refractivity contribution in [3.05, 3.63) is 46.5 Å². The molecular formula is C25H32BrN3O4. The third-order valence-corrected chi connectivity index (χ3v) is 6.61. The highest BCUT2D eigenvalue weighted by Crippen LogP contribution is 2.35. The second-order valence-corrected chi connectivity index (χ2v) is 10.7. The minimum Gasteiger partial charge on any atom is -0.350 e. The zero-order valence-corrected chi connectivity index (χ0v) is 21.2. The lowest BCUT2D eigenvalue weighted by atomic mass is 9.85. The molecule has 1 aromatic rings. The molecule has 1 heterocycles. The van der Waals surface area contributed by atoms with E-state index in [2.05, 4.69) is 21.2 Å². The Labute approximate surface area is 203 Å². The number of rotatable bonds is 7. The summed E-state index contributed by atoms with van der Waals surface area (Å²) in [6.07, 6.45) is 5.00. The van der Waals surface area contributed by atoms with E-state index in [0.29, 0.717) is 12.8 Å². The Balaban J connectivity index is 1.72. The Bertz CT molecular complexity index is 925. The maximum absolute atomic E-state index is 13.3. The minimum absolute atomic E-state index is 0.0198. The number of nitrogens with one attached hydrogen (secondary N) is 1. The number of likely N-dealkylation sites (tertiary alicyclic amines) is 1. The van der Waals surface area contributed by atoms with Crippen molar-refractivity contribution in [2.75, 3.05) is 6.54 Å². The molecule has 0 bridgehead atoms. The van der Waals surface area contributed by atoms with Gasteiger partial charge in [-0.05, 0) is 58.2 Å². The highest BCUT2D eigenvalue weighted by Gasteiger charge is 2.47. The first-order valence-electron chi connectivity index (χ1n) is 11.3. The summed E-state index contributed by atoms with van der Waals surface area (Å²) < 4.78 is 0.921. The molecule has 1 N–H and O–H groups in total. The smallest absolute Gasteiger partial charge is 0.242 e. The zero-order chi connectivity index (χ0) is 24.3. The maximum Gasteiger partial charge on any atom is 0.242 e. The topological polar surface area (TPSA) is 86.8 Å². The lowest BCUT2D eigenvalue weighted by Crippen LogP contribution is -2.52. The number of carbonyl (C=O) groups excluding carboxylic acids is 4. The Morgan fingerprint density at radius 2 is 1.64 bits per heavy atom. The quantitative estimate of drug-likeness (QED) is 0.443. The monoisotopic (exact) mass is 517 g/mol. The Hall–Kier alpha value is -2.48. The molecule has 1 aromatic carbocycles. The van der Waals surface area contributed by atoms with Crippen molar-refractivity contribution in [2.45, 2.75) is 65.1 Å². The van der Waals surface area contributed by atoms with E-state index in [1.54, 1.807) is 6.92 Å². The predicted molar refractivity (Wildman–Crippen MR) is 129 cm³/mol. The molecule has 1 aliphatic heterocycles. The first-order chi connectivity index (χ1) is 15.5. The van der Waals surface area contributed by atoms with Crippen molar-refractivity contribution in [1.29, 1.82) is 0 Å². The Morgan fingerprint density at radius 3 is 2.15 bits per heavy atom. The van der Waals surface area contributed by atoms with E-state index in [-0.39, 0.29) is 55.0 Å². The lowest BCUT2D eigenvalue weighted by Gasteiger charge is -2.32. The van der Waals surface area contributed by atoms with Crippen LogP contribution in [0.4, 0.5) is 0 Å². The van der Waals surface area contributed by atoms with Crippen LogP contribution in [0.15, 0.2) is 40.9 Å². The third kappa shape index (κ3) is 6.10. The number of benzene rings is 1. The number of hydrogen-bond donors (Lipinski definition) is 1. The van der Waals surface area contributed by atoms with E-state index in [1.807, 2.05) is 57.2 Å². The van der Waals surface area contributed by atoms with Gasteiger partial charge in [0, 0.05) is 29.5 Å². The molecule has 2 aliphatic rings. The predicted octanol–water partition coefficient (Wildman–Crippen LogP) is 3.42. The average molecular weight is 518 g/mol. The van der Waals surface area contributed by atoms with E-state index in [1.165, 1.54) is 9.80 Å². The van der Waals surface area contributed by atoms with Crippen LogP contribution in [0.2, 0.25) is 0 Å². The molecule has 178 valence electrons. The minimum atomic E-state index is -0.711. The van der Waals surface area contributed by atoms with E-state index in [0.717, 1.165) is 10.0 Å². The molecule has 1 saturated heterocycles. The number of allylic oxidation sites excluding steroid dienone is 2. The fraction of sp³-hybridized carbons (Fsp3) is 0.520. The van der Waals surface area contributed by atoms with Gasteiger partial charge in [0.2, 0.25) is 23.6 Å². The van der Waals surface area contributed by atoms with Crippen molar-refractivity contribution in [3.8, 4) is 0 Å². The Morgan fingerprint density at radius 1 is 1.09 bits per heavy atom. The summed E-state index contributed by atoms with van der Waals surface area (Å²) in [6.45, 7) is 7.65. The summed E-state index contributed by atoms with van der Waals surface area (Å²) in [5.41, 5.74) is 0.448. The van der Waals surface area contributed by atoms with Crippen LogP contribution in [-0.2, 0) is 25.7 Å². The fourth-order valence-electron chi connectivity index (χ4n) is 4.28. The number of halogens is 1. The van der Waals surface area contributed by atoms with Gasteiger partial charge in [0.1, 0.15) is 6.04 Å². The molecule has 1 aliphatic carbocycles. The molecular weight excluding hydrogens is 486 g/mol. The van der Waals surface area contributed by atoms with Gasteiger partial charge in [-0.25, -0.2) is 0 Å². The second kappa shape index (κ2) is 10.2. The maximum atomic E-state index is 13.3. The van der Waals surface area contributed by atoms with Crippen LogP contribution < -0.4 is 5.32 Å². The van der Waals surface area contributed by atoms with Crippen molar-refractivity contribution >= 4 is 39.6 Å². The molecule has 8 heteroatoms. The highest BCUT2D eigenvalue weighted by molar-refractivity contribution is 9.10. The van der Waals surface area contributed by atoms with E-state index in [9.17, 15) is 19.2 Å². The molecule has 4 amide bonds. The normalized spacial score (nSPS) is 21.1. The van der Waals surface area contributed by atoms with Gasteiger partial charge < -0.3 is 10.2 Å². The van der Waals surface area contributed by atoms with Gasteiger partial charge in [-0.3, -0.25) is 24.1 Å². The number of hydrogen-bond acceptors (Lipinski definition) is 4. The number of carbonyl (C=O) groups is 4. The highest BCUT2D eigenvalue weighted by atomic mass is 79.9. The third-order valence-electron chi connectivity index (χ3n) is 6.08. The van der Waals surface area contributed by atoms with Gasteiger partial charge >= 0.3 is 0 Å². The summed E-state index contributed by atoms with van der Waals surface area (Å²) in [7, 11) is 0. The molecule has 7 nitrogen and oxygen atoms in total. The van der Waals surface area contributed by atoms with Gasteiger partial charge in [-0.15, -0.1) is 0 Å². The molecule has 33 heavy (non-hydrogen) atoms. The molecule has 0 radical (unpaired) electrons. The summed E-state index contributed by atoms with van der Waals surface area (Å²) in [6, 6.07) is 6.84. The van der Waals surface area contributed by atoms with Gasteiger partial charge in [-0.1, -0.05) is 40.2 Å². The van der Waals surface area contributed by atoms with E-state index in [4.69, 9.17) is 0 Å². The summed E-state index contributed by atoms with van der Waals surface area (Å²) in [5, 5.41) is 2.93. The van der Waals surface area contributed by atoms with Gasteiger partial charge in [0.25, 0.3) is 0 Å². The zero-order valence-electron chi connectivity index (χ0n) is 19.6. The van der Waals surface area contributed by atoms with Crippen LogP contribution in [0, 0.1) is 11.8 Å². The van der Waals surface area contributed by atoms with Crippen molar-refractivity contribution < 1.29 is 19.2 Å². The largest absolute Gasteiger partial charge is 0.350 e. The summed E-state index contributed by atoms with van der Waals surface area (Å²) >= 11 is 3.41. The standard InChI is InChI=1S/C25H32BrN3O4/c1-16(22(31)27-25(2,3)4)29(15-17-9-11-18(26)12-10-17)21(30)13-14-28-23(32)19-7-5-6-8-20(19)24(28)33/h5-6,9-12,16,19-20H,7-8,13-15H2,1-4H3,(H,27,31)/t16-,19-,20+/m0/s1. The van der Waals surface area contributed by atoms with Crippen molar-refractivity contribution in [1.82, 2.24) is 15.1 Å². The molecule has 0 saturated carbocycles. The van der Waals surface area contributed by atoms with Crippen molar-refractivity contribution in [2.24, 2.45) is 11.8 Å². The molecule has 0 spiro atoms. The molecule has 0 aromatic heterocycles. The van der Waals surface area contributed by atoms with Crippen LogP contribution in [-0.4, -0.2) is 51.6 Å². The molecule has 1 fully saturated rings. The fourth-order valence-corrected chi connectivity index (χ4v) is 4.55. The van der Waals surface area contributed by atoms with Crippen LogP contribution in [0.25, 0.3) is 0 Å². The average Bonchev–Trinajstić information content (AvgIpc) is 3.00. The summed E-state index contributed by atoms with van der Waals surface area (Å²) in [5.74, 6) is -1.54. The Kier molecular flexibility index (Phi) is 7.77. The second-order valence-electron chi connectivity index (χ2n) is 9.80. The van der Waals surface area contributed by atoms with Gasteiger partial charge in [0.05, 0.1) is 11.8 Å².